The molecule has 5 aromatic rings. The molecule has 3 N–H and O–H groups in total. The molecule has 0 saturated carbocycles. The summed E-state index contributed by atoms with van der Waals surface area (Å²) in [5.41, 5.74) is 10.3. The van der Waals surface area contributed by atoms with Gasteiger partial charge in [-0.3, -0.25) is 4.79 Å². The van der Waals surface area contributed by atoms with Crippen LogP contribution in [0.25, 0.3) is 22.2 Å². The number of rotatable bonds is 7. The summed E-state index contributed by atoms with van der Waals surface area (Å²) in [6.07, 6.45) is 2.16. The molecule has 0 atom stereocenters. The molecule has 0 unspecified atom stereocenters. The standard InChI is InChI=1S/C27H23FN6O2/c1-36-20-12-8-17(9-13-20)14-15-30-27(35)23-24-26(33-22-5-3-2-4-21(22)32-24)34(25(23)29)31-16-18-6-10-19(28)11-7-18/h2-13,16H,14-15,29H2,1H3,(H,30,35)/b31-16-. The van der Waals surface area contributed by atoms with Crippen LogP contribution in [0.3, 0.4) is 0 Å². The second kappa shape index (κ2) is 9.83. The summed E-state index contributed by atoms with van der Waals surface area (Å²) in [6.45, 7) is 0.400. The first kappa shape index (κ1) is 23.0. The molecule has 0 spiro atoms. The molecule has 0 bridgehead atoms. The first-order chi connectivity index (χ1) is 17.5. The highest BCUT2D eigenvalue weighted by Gasteiger charge is 2.24. The summed E-state index contributed by atoms with van der Waals surface area (Å²) < 4.78 is 19.8. The number of ether oxygens (including phenoxy) is 1. The maximum Gasteiger partial charge on any atom is 0.257 e. The number of carbonyl (C=O) groups is 1. The number of methoxy groups -OCH3 is 1. The Hall–Kier alpha value is -4.79. The minimum atomic E-state index is -0.369. The molecule has 0 radical (unpaired) electrons. The second-order valence-electron chi connectivity index (χ2n) is 8.11. The topological polar surface area (TPSA) is 107 Å². The van der Waals surface area contributed by atoms with Gasteiger partial charge in [0.2, 0.25) is 0 Å². The van der Waals surface area contributed by atoms with Crippen LogP contribution in [-0.4, -0.2) is 40.4 Å². The van der Waals surface area contributed by atoms with Gasteiger partial charge in [0.1, 0.15) is 28.5 Å². The van der Waals surface area contributed by atoms with Crippen molar-refractivity contribution in [2.24, 2.45) is 5.10 Å². The number of nitrogens with two attached hydrogens (primary N) is 1. The van der Waals surface area contributed by atoms with Crippen molar-refractivity contribution in [1.29, 1.82) is 0 Å². The van der Waals surface area contributed by atoms with E-state index in [1.165, 1.54) is 23.0 Å². The van der Waals surface area contributed by atoms with Crippen LogP contribution in [0.15, 0.2) is 77.9 Å². The van der Waals surface area contributed by atoms with Crippen LogP contribution in [0.4, 0.5) is 10.2 Å². The minimum absolute atomic E-state index is 0.112. The molecule has 180 valence electrons. The van der Waals surface area contributed by atoms with E-state index in [9.17, 15) is 9.18 Å². The Kier molecular flexibility index (Phi) is 6.27. The van der Waals surface area contributed by atoms with Crippen LogP contribution >= 0.6 is 0 Å². The molecule has 9 heteroatoms. The van der Waals surface area contributed by atoms with Crippen molar-refractivity contribution in [3.63, 3.8) is 0 Å². The Morgan fingerprint density at radius 3 is 2.44 bits per heavy atom. The molecule has 36 heavy (non-hydrogen) atoms. The number of halogens is 1. The lowest BCUT2D eigenvalue weighted by Gasteiger charge is -2.06. The predicted octanol–water partition coefficient (Wildman–Crippen LogP) is 4.17. The highest BCUT2D eigenvalue weighted by molar-refractivity contribution is 6.10. The van der Waals surface area contributed by atoms with Gasteiger partial charge in [-0.25, -0.2) is 14.4 Å². The molecule has 2 aromatic heterocycles. The van der Waals surface area contributed by atoms with Crippen molar-refractivity contribution < 1.29 is 13.9 Å². The number of anilines is 1. The monoisotopic (exact) mass is 482 g/mol. The Morgan fingerprint density at radius 1 is 1.06 bits per heavy atom. The molecule has 1 amide bonds. The fraction of sp³-hybridized carbons (Fsp3) is 0.111. The summed E-state index contributed by atoms with van der Waals surface area (Å²) in [7, 11) is 1.62. The highest BCUT2D eigenvalue weighted by Crippen LogP contribution is 2.28. The minimum Gasteiger partial charge on any atom is -0.497 e. The third kappa shape index (κ3) is 4.58. The first-order valence-corrected chi connectivity index (χ1v) is 11.3. The number of hydrogen-bond acceptors (Lipinski definition) is 6. The third-order valence-corrected chi connectivity index (χ3v) is 5.75. The summed E-state index contributed by atoms with van der Waals surface area (Å²) in [5.74, 6) is 0.173. The predicted molar refractivity (Wildman–Crippen MR) is 138 cm³/mol. The molecule has 8 nitrogen and oxygen atoms in total. The van der Waals surface area contributed by atoms with Crippen molar-refractivity contribution in [1.82, 2.24) is 20.0 Å². The van der Waals surface area contributed by atoms with Crippen molar-refractivity contribution in [3.05, 3.63) is 95.3 Å². The number of hydrogen-bond donors (Lipinski definition) is 2. The first-order valence-electron chi connectivity index (χ1n) is 11.3. The number of nitrogen functional groups attached to an aromatic ring is 1. The zero-order valence-electron chi connectivity index (χ0n) is 19.5. The third-order valence-electron chi connectivity index (χ3n) is 5.75. The molecule has 0 aliphatic rings. The Bertz CT molecular complexity index is 1580. The maximum absolute atomic E-state index is 13.3. The van der Waals surface area contributed by atoms with Crippen LogP contribution < -0.4 is 15.8 Å². The summed E-state index contributed by atoms with van der Waals surface area (Å²) in [5, 5.41) is 7.36. The molecule has 0 fully saturated rings. The van der Waals surface area contributed by atoms with E-state index in [0.717, 1.165) is 11.3 Å². The van der Waals surface area contributed by atoms with E-state index in [4.69, 9.17) is 10.5 Å². The fourth-order valence-electron chi connectivity index (χ4n) is 3.86. The van der Waals surface area contributed by atoms with Gasteiger partial charge in [0.15, 0.2) is 5.65 Å². The number of benzene rings is 3. The summed E-state index contributed by atoms with van der Waals surface area (Å²) in [4.78, 5) is 22.6. The van der Waals surface area contributed by atoms with E-state index < -0.39 is 0 Å². The van der Waals surface area contributed by atoms with Gasteiger partial charge in [0.05, 0.1) is 24.4 Å². The highest BCUT2D eigenvalue weighted by atomic mass is 19.1. The van der Waals surface area contributed by atoms with Gasteiger partial charge < -0.3 is 15.8 Å². The van der Waals surface area contributed by atoms with E-state index in [1.807, 2.05) is 48.5 Å². The molecule has 3 aromatic carbocycles. The molecule has 0 saturated heterocycles. The van der Waals surface area contributed by atoms with E-state index in [1.54, 1.807) is 19.2 Å². The Labute approximate surface area is 206 Å². The lowest BCUT2D eigenvalue weighted by molar-refractivity contribution is 0.0956. The summed E-state index contributed by atoms with van der Waals surface area (Å²) in [6, 6.07) is 20.9. The van der Waals surface area contributed by atoms with Gasteiger partial charge in [-0.05, 0) is 53.9 Å². The molecule has 5 rings (SSSR count). The number of amides is 1. The zero-order chi connectivity index (χ0) is 25.1. The van der Waals surface area contributed by atoms with E-state index in [0.29, 0.717) is 40.7 Å². The van der Waals surface area contributed by atoms with Gasteiger partial charge in [0, 0.05) is 6.54 Å². The maximum atomic E-state index is 13.3. The van der Waals surface area contributed by atoms with Gasteiger partial charge in [-0.2, -0.15) is 9.78 Å². The molecule has 2 heterocycles. The lowest BCUT2D eigenvalue weighted by atomic mass is 10.1. The van der Waals surface area contributed by atoms with Crippen molar-refractivity contribution in [2.75, 3.05) is 19.4 Å². The summed E-state index contributed by atoms with van der Waals surface area (Å²) >= 11 is 0. The average Bonchev–Trinajstić information content (AvgIpc) is 3.17. The SMILES string of the molecule is COc1ccc(CCNC(=O)c2c(N)n(/N=C\c3ccc(F)cc3)c3nc4ccccc4nc23)cc1. The van der Waals surface area contributed by atoms with E-state index in [2.05, 4.69) is 20.4 Å². The van der Waals surface area contributed by atoms with Gasteiger partial charge in [-0.1, -0.05) is 36.4 Å². The number of aromatic nitrogens is 3. The van der Waals surface area contributed by atoms with Crippen LogP contribution in [0.2, 0.25) is 0 Å². The normalized spacial score (nSPS) is 11.4. The van der Waals surface area contributed by atoms with Crippen molar-refractivity contribution >= 4 is 40.1 Å². The fourth-order valence-corrected chi connectivity index (χ4v) is 3.86. The van der Waals surface area contributed by atoms with Crippen LogP contribution in [0, 0.1) is 5.82 Å². The second-order valence-corrected chi connectivity index (χ2v) is 8.11. The number of carbonyl (C=O) groups excluding carboxylic acids is 1. The largest absolute Gasteiger partial charge is 0.497 e. The molecular formula is C27H23FN6O2. The lowest BCUT2D eigenvalue weighted by Crippen LogP contribution is -2.26. The van der Waals surface area contributed by atoms with E-state index in [-0.39, 0.29) is 23.1 Å². The number of para-hydroxylation sites is 2. The van der Waals surface area contributed by atoms with Crippen LogP contribution in [0.1, 0.15) is 21.5 Å². The van der Waals surface area contributed by atoms with Crippen molar-refractivity contribution in [3.8, 4) is 5.75 Å². The Morgan fingerprint density at radius 2 is 1.75 bits per heavy atom. The van der Waals surface area contributed by atoms with Crippen LogP contribution in [0.5, 0.6) is 5.75 Å². The van der Waals surface area contributed by atoms with Gasteiger partial charge in [-0.15, -0.1) is 0 Å². The number of nitrogens with one attached hydrogen (secondary N) is 1. The van der Waals surface area contributed by atoms with E-state index >= 15 is 0 Å². The zero-order valence-corrected chi connectivity index (χ0v) is 19.5. The Balaban J connectivity index is 1.48. The van der Waals surface area contributed by atoms with Crippen LogP contribution in [-0.2, 0) is 6.42 Å². The van der Waals surface area contributed by atoms with Gasteiger partial charge in [0.25, 0.3) is 5.91 Å². The average molecular weight is 483 g/mol. The smallest absolute Gasteiger partial charge is 0.257 e. The number of fused-ring (bicyclic) bond motifs is 2. The molecular weight excluding hydrogens is 459 g/mol. The molecule has 0 aliphatic carbocycles. The molecule has 0 aliphatic heterocycles. The quantitative estimate of drug-likeness (QED) is 0.339. The van der Waals surface area contributed by atoms with Gasteiger partial charge >= 0.3 is 0 Å². The number of nitrogens with zero attached hydrogens (tertiary/aromatic N) is 4. The van der Waals surface area contributed by atoms with Crippen molar-refractivity contribution in [2.45, 2.75) is 6.42 Å².